The molecule has 0 radical (unpaired) electrons. The quantitative estimate of drug-likeness (QED) is 0.802. The summed E-state index contributed by atoms with van der Waals surface area (Å²) in [5.41, 5.74) is 6.21. The highest BCUT2D eigenvalue weighted by molar-refractivity contribution is 5.42. The van der Waals surface area contributed by atoms with Crippen LogP contribution in [0.4, 0.5) is 14.6 Å². The number of nitrogens with two attached hydrogens (primary N) is 1. The van der Waals surface area contributed by atoms with E-state index in [0.717, 1.165) is 12.1 Å². The lowest BCUT2D eigenvalue weighted by Crippen LogP contribution is -2.04. The molecule has 0 bridgehead atoms. The zero-order chi connectivity index (χ0) is 11.9. The summed E-state index contributed by atoms with van der Waals surface area (Å²) in [5.74, 6) is -0.864. The molecule has 0 aliphatic heterocycles. The molecule has 0 unspecified atom stereocenters. The molecule has 16 heavy (non-hydrogen) atoms. The Hall–Kier alpha value is -1.98. The van der Waals surface area contributed by atoms with Crippen molar-refractivity contribution in [3.05, 3.63) is 35.0 Å². The van der Waals surface area contributed by atoms with Crippen LogP contribution in [0.15, 0.2) is 12.1 Å². The van der Waals surface area contributed by atoms with Crippen LogP contribution < -0.4 is 5.73 Å². The number of aryl methyl sites for hydroxylation is 1. The number of hydrogen-bond donors (Lipinski definition) is 1. The molecule has 2 rings (SSSR count). The monoisotopic (exact) mass is 224 g/mol. The molecule has 0 spiro atoms. The third-order valence-corrected chi connectivity index (χ3v) is 2.39. The van der Waals surface area contributed by atoms with Crippen LogP contribution in [-0.4, -0.2) is 15.0 Å². The standard InChI is InChI=1S/C10H10F2N4/c1-5-3-8(12)9(4-7(5)11)16-6(2)10(13)14-15-16/h3-4H,13H2,1-2H3. The second-order valence-corrected chi connectivity index (χ2v) is 3.52. The minimum atomic E-state index is -0.563. The summed E-state index contributed by atoms with van der Waals surface area (Å²) >= 11 is 0. The zero-order valence-electron chi connectivity index (χ0n) is 8.83. The van der Waals surface area contributed by atoms with Gasteiger partial charge in [0.25, 0.3) is 0 Å². The molecular weight excluding hydrogens is 214 g/mol. The van der Waals surface area contributed by atoms with Gasteiger partial charge in [-0.3, -0.25) is 0 Å². The van der Waals surface area contributed by atoms with Crippen LogP contribution in [0.25, 0.3) is 5.69 Å². The Morgan fingerprint density at radius 3 is 2.44 bits per heavy atom. The van der Waals surface area contributed by atoms with Crippen LogP contribution in [0.1, 0.15) is 11.3 Å². The number of hydrogen-bond acceptors (Lipinski definition) is 3. The van der Waals surface area contributed by atoms with Gasteiger partial charge in [0.15, 0.2) is 5.82 Å². The molecule has 1 aromatic carbocycles. The van der Waals surface area contributed by atoms with Crippen molar-refractivity contribution < 1.29 is 8.78 Å². The largest absolute Gasteiger partial charge is 0.381 e. The van der Waals surface area contributed by atoms with Crippen LogP contribution in [-0.2, 0) is 0 Å². The Morgan fingerprint density at radius 1 is 1.19 bits per heavy atom. The first-order valence-electron chi connectivity index (χ1n) is 4.64. The Bertz CT molecular complexity index is 548. The maximum atomic E-state index is 13.6. The van der Waals surface area contributed by atoms with E-state index in [4.69, 9.17) is 5.73 Å². The summed E-state index contributed by atoms with van der Waals surface area (Å²) in [6, 6.07) is 2.19. The molecule has 0 saturated heterocycles. The first-order valence-corrected chi connectivity index (χ1v) is 4.64. The number of nitrogens with zero attached hydrogens (tertiary/aromatic N) is 3. The van der Waals surface area contributed by atoms with E-state index in [2.05, 4.69) is 10.3 Å². The van der Waals surface area contributed by atoms with E-state index in [1.54, 1.807) is 6.92 Å². The lowest BCUT2D eigenvalue weighted by molar-refractivity contribution is 0.576. The van der Waals surface area contributed by atoms with Gasteiger partial charge in [-0.2, -0.15) is 0 Å². The highest BCUT2D eigenvalue weighted by Gasteiger charge is 2.13. The number of halogens is 2. The molecule has 2 aromatic rings. The van der Waals surface area contributed by atoms with Crippen molar-refractivity contribution in [2.45, 2.75) is 13.8 Å². The van der Waals surface area contributed by atoms with E-state index >= 15 is 0 Å². The first kappa shape index (κ1) is 10.5. The number of aromatic nitrogens is 3. The van der Waals surface area contributed by atoms with Crippen LogP contribution >= 0.6 is 0 Å². The third kappa shape index (κ3) is 1.52. The van der Waals surface area contributed by atoms with Gasteiger partial charge in [0.05, 0.1) is 5.69 Å². The van der Waals surface area contributed by atoms with Crippen molar-refractivity contribution in [3.8, 4) is 5.69 Å². The fourth-order valence-corrected chi connectivity index (χ4v) is 1.37. The topological polar surface area (TPSA) is 56.7 Å². The Kier molecular flexibility index (Phi) is 2.34. The van der Waals surface area contributed by atoms with Crippen molar-refractivity contribution in [1.82, 2.24) is 15.0 Å². The van der Waals surface area contributed by atoms with Gasteiger partial charge in [-0.25, -0.2) is 13.5 Å². The van der Waals surface area contributed by atoms with Gasteiger partial charge in [0.2, 0.25) is 0 Å². The van der Waals surface area contributed by atoms with Gasteiger partial charge < -0.3 is 5.73 Å². The van der Waals surface area contributed by atoms with E-state index in [1.165, 1.54) is 11.6 Å². The number of rotatable bonds is 1. The van der Waals surface area contributed by atoms with Crippen LogP contribution in [0.5, 0.6) is 0 Å². The normalized spacial score (nSPS) is 10.8. The number of anilines is 1. The maximum absolute atomic E-state index is 13.6. The Morgan fingerprint density at radius 2 is 1.88 bits per heavy atom. The summed E-state index contributed by atoms with van der Waals surface area (Å²) in [5, 5.41) is 7.24. The molecule has 0 aliphatic rings. The average molecular weight is 224 g/mol. The highest BCUT2D eigenvalue weighted by atomic mass is 19.1. The summed E-state index contributed by atoms with van der Waals surface area (Å²) in [6.45, 7) is 3.12. The van der Waals surface area contributed by atoms with E-state index in [9.17, 15) is 8.78 Å². The van der Waals surface area contributed by atoms with E-state index in [1.807, 2.05) is 0 Å². The lowest BCUT2D eigenvalue weighted by Gasteiger charge is -2.06. The zero-order valence-corrected chi connectivity index (χ0v) is 8.83. The minimum Gasteiger partial charge on any atom is -0.381 e. The van der Waals surface area contributed by atoms with E-state index in [-0.39, 0.29) is 17.1 Å². The van der Waals surface area contributed by atoms with E-state index < -0.39 is 11.6 Å². The van der Waals surface area contributed by atoms with Crippen LogP contribution in [0.3, 0.4) is 0 Å². The minimum absolute atomic E-state index is 0.00444. The maximum Gasteiger partial charge on any atom is 0.169 e. The molecule has 0 aliphatic carbocycles. The second-order valence-electron chi connectivity index (χ2n) is 3.52. The number of nitrogen functional groups attached to an aromatic ring is 1. The first-order chi connectivity index (χ1) is 7.50. The van der Waals surface area contributed by atoms with Gasteiger partial charge >= 0.3 is 0 Å². The molecule has 6 heteroatoms. The SMILES string of the molecule is Cc1cc(F)c(-n2nnc(N)c2C)cc1F. The van der Waals surface area contributed by atoms with Crippen LogP contribution in [0.2, 0.25) is 0 Å². The fraction of sp³-hybridized carbons (Fsp3) is 0.200. The predicted molar refractivity (Wildman–Crippen MR) is 55.2 cm³/mol. The predicted octanol–water partition coefficient (Wildman–Crippen LogP) is 1.74. The molecule has 1 aromatic heterocycles. The fourth-order valence-electron chi connectivity index (χ4n) is 1.37. The third-order valence-electron chi connectivity index (χ3n) is 2.39. The smallest absolute Gasteiger partial charge is 0.169 e. The summed E-state index contributed by atoms with van der Waals surface area (Å²) < 4.78 is 28.1. The van der Waals surface area contributed by atoms with Crippen molar-refractivity contribution in [1.29, 1.82) is 0 Å². The summed E-state index contributed by atoms with van der Waals surface area (Å²) in [7, 11) is 0. The molecule has 1 heterocycles. The molecule has 2 N–H and O–H groups in total. The Labute approximate surface area is 90.7 Å². The molecule has 4 nitrogen and oxygen atoms in total. The average Bonchev–Trinajstić information content (AvgIpc) is 2.54. The molecule has 0 saturated carbocycles. The van der Waals surface area contributed by atoms with Crippen molar-refractivity contribution in [2.24, 2.45) is 0 Å². The Balaban J connectivity index is 2.65. The van der Waals surface area contributed by atoms with Crippen LogP contribution in [0, 0.1) is 25.5 Å². The molecular formula is C10H10F2N4. The second kappa shape index (κ2) is 3.55. The van der Waals surface area contributed by atoms with Crippen molar-refractivity contribution in [2.75, 3.05) is 5.73 Å². The number of benzene rings is 1. The summed E-state index contributed by atoms with van der Waals surface area (Å²) in [6.07, 6.45) is 0. The summed E-state index contributed by atoms with van der Waals surface area (Å²) in [4.78, 5) is 0. The van der Waals surface area contributed by atoms with Gasteiger partial charge in [0.1, 0.15) is 17.3 Å². The van der Waals surface area contributed by atoms with Gasteiger partial charge in [0, 0.05) is 6.07 Å². The molecule has 0 amide bonds. The molecule has 0 fully saturated rings. The van der Waals surface area contributed by atoms with Crippen molar-refractivity contribution >= 4 is 5.82 Å². The van der Waals surface area contributed by atoms with Gasteiger partial charge in [-0.1, -0.05) is 5.21 Å². The molecule has 84 valence electrons. The lowest BCUT2D eigenvalue weighted by atomic mass is 10.2. The highest BCUT2D eigenvalue weighted by Crippen LogP contribution is 2.20. The molecule has 0 atom stereocenters. The van der Waals surface area contributed by atoms with Gasteiger partial charge in [-0.05, 0) is 25.5 Å². The van der Waals surface area contributed by atoms with Gasteiger partial charge in [-0.15, -0.1) is 5.10 Å². The van der Waals surface area contributed by atoms with E-state index in [0.29, 0.717) is 5.69 Å². The van der Waals surface area contributed by atoms with Crippen molar-refractivity contribution in [3.63, 3.8) is 0 Å².